The molecule has 1 atom stereocenters. The molecule has 3 fully saturated rings. The molecule has 3 aliphatic heterocycles. The number of piperazine rings is 1. The summed E-state index contributed by atoms with van der Waals surface area (Å²) in [4.78, 5) is 19.1. The van der Waals surface area contributed by atoms with Crippen molar-refractivity contribution in [2.75, 3.05) is 59.0 Å². The van der Waals surface area contributed by atoms with Crippen molar-refractivity contribution in [2.24, 2.45) is 0 Å². The molecule has 0 aromatic carbocycles. The Bertz CT molecular complexity index is 330. The third-order valence-electron chi connectivity index (χ3n) is 5.02. The molecule has 0 aromatic heterocycles. The molecule has 3 heterocycles. The summed E-state index contributed by atoms with van der Waals surface area (Å²) in [6, 6.07) is 0. The lowest BCUT2D eigenvalue weighted by Gasteiger charge is -2.37. The Hall–Kier alpha value is -0.650. The molecule has 0 radical (unpaired) electrons. The molecule has 5 heteroatoms. The lowest BCUT2D eigenvalue weighted by molar-refractivity contribution is -0.134. The van der Waals surface area contributed by atoms with E-state index in [-0.39, 0.29) is 0 Å². The Morgan fingerprint density at radius 1 is 0.905 bits per heavy atom. The molecule has 3 saturated heterocycles. The quantitative estimate of drug-likeness (QED) is 0.768. The van der Waals surface area contributed by atoms with E-state index in [4.69, 9.17) is 4.74 Å². The van der Waals surface area contributed by atoms with Crippen LogP contribution < -0.4 is 0 Å². The molecule has 3 aliphatic rings. The molecular weight excluding hydrogens is 266 g/mol. The molecule has 120 valence electrons. The zero-order valence-electron chi connectivity index (χ0n) is 13.1. The number of likely N-dealkylation sites (tertiary alicyclic amines) is 1. The first kappa shape index (κ1) is 15.3. The number of rotatable bonds is 4. The van der Waals surface area contributed by atoms with Crippen LogP contribution in [0.15, 0.2) is 0 Å². The van der Waals surface area contributed by atoms with E-state index in [2.05, 4.69) is 14.7 Å². The van der Waals surface area contributed by atoms with Gasteiger partial charge in [0, 0.05) is 39.3 Å². The average Bonchev–Trinajstić information content (AvgIpc) is 3.02. The van der Waals surface area contributed by atoms with Crippen molar-refractivity contribution in [1.82, 2.24) is 14.7 Å². The van der Waals surface area contributed by atoms with E-state index in [0.717, 1.165) is 52.4 Å². The molecule has 21 heavy (non-hydrogen) atoms. The highest BCUT2D eigenvalue weighted by atomic mass is 16.5. The van der Waals surface area contributed by atoms with Crippen molar-refractivity contribution < 1.29 is 9.53 Å². The predicted molar refractivity (Wildman–Crippen MR) is 82.3 cm³/mol. The van der Waals surface area contributed by atoms with Crippen LogP contribution in [0.2, 0.25) is 0 Å². The first-order valence-electron chi connectivity index (χ1n) is 8.65. The predicted octanol–water partition coefficient (Wildman–Crippen LogP) is 0.796. The Morgan fingerprint density at radius 3 is 2.33 bits per heavy atom. The van der Waals surface area contributed by atoms with Crippen molar-refractivity contribution >= 4 is 5.91 Å². The monoisotopic (exact) mass is 295 g/mol. The van der Waals surface area contributed by atoms with E-state index >= 15 is 0 Å². The van der Waals surface area contributed by atoms with Crippen LogP contribution in [-0.4, -0.2) is 85.7 Å². The first-order chi connectivity index (χ1) is 10.3. The molecular formula is C16H29N3O2. The lowest BCUT2D eigenvalue weighted by atomic mass is 10.1. The van der Waals surface area contributed by atoms with Gasteiger partial charge in [-0.1, -0.05) is 0 Å². The van der Waals surface area contributed by atoms with Gasteiger partial charge in [0.25, 0.3) is 0 Å². The molecule has 0 bridgehead atoms. The minimum absolute atomic E-state index is 0.325. The zero-order chi connectivity index (χ0) is 14.5. The summed E-state index contributed by atoms with van der Waals surface area (Å²) in [5.74, 6) is 0.325. The summed E-state index contributed by atoms with van der Waals surface area (Å²) in [7, 11) is 0. The van der Waals surface area contributed by atoms with Gasteiger partial charge in [-0.2, -0.15) is 0 Å². The van der Waals surface area contributed by atoms with Crippen molar-refractivity contribution in [1.29, 1.82) is 0 Å². The van der Waals surface area contributed by atoms with Crippen LogP contribution in [-0.2, 0) is 9.53 Å². The Morgan fingerprint density at radius 2 is 1.67 bits per heavy atom. The number of hydrogen-bond acceptors (Lipinski definition) is 4. The molecule has 3 rings (SSSR count). The standard InChI is InChI=1S/C16H29N3O2/c20-16(14-17-6-2-3-7-17)19-10-8-18(9-11-19)13-15-5-1-4-12-21-15/h15H,1-14H2/t15-/m1/s1. The summed E-state index contributed by atoms with van der Waals surface area (Å²) in [6.07, 6.45) is 6.65. The molecule has 0 N–H and O–H groups in total. The maximum absolute atomic E-state index is 12.3. The van der Waals surface area contributed by atoms with Crippen LogP contribution in [0.5, 0.6) is 0 Å². The van der Waals surface area contributed by atoms with Crippen molar-refractivity contribution in [3.05, 3.63) is 0 Å². The van der Waals surface area contributed by atoms with Crippen LogP contribution in [0.4, 0.5) is 0 Å². The third-order valence-corrected chi connectivity index (χ3v) is 5.02. The summed E-state index contributed by atoms with van der Waals surface area (Å²) < 4.78 is 5.81. The first-order valence-corrected chi connectivity index (χ1v) is 8.65. The number of carbonyl (C=O) groups is 1. The average molecular weight is 295 g/mol. The van der Waals surface area contributed by atoms with Gasteiger partial charge >= 0.3 is 0 Å². The van der Waals surface area contributed by atoms with Crippen LogP contribution in [0, 0.1) is 0 Å². The minimum Gasteiger partial charge on any atom is -0.377 e. The van der Waals surface area contributed by atoms with Gasteiger partial charge in [0.05, 0.1) is 12.6 Å². The van der Waals surface area contributed by atoms with Crippen molar-refractivity contribution in [2.45, 2.75) is 38.2 Å². The van der Waals surface area contributed by atoms with Gasteiger partial charge in [0.2, 0.25) is 5.91 Å². The Balaban J connectivity index is 1.36. The smallest absolute Gasteiger partial charge is 0.236 e. The molecule has 0 unspecified atom stereocenters. The van der Waals surface area contributed by atoms with Gasteiger partial charge in [0.15, 0.2) is 0 Å². The molecule has 0 aliphatic carbocycles. The molecule has 0 spiro atoms. The summed E-state index contributed by atoms with van der Waals surface area (Å²) in [6.45, 7) is 8.60. The zero-order valence-corrected chi connectivity index (χ0v) is 13.1. The van der Waals surface area contributed by atoms with Crippen LogP contribution in [0.25, 0.3) is 0 Å². The topological polar surface area (TPSA) is 36.0 Å². The van der Waals surface area contributed by atoms with E-state index in [1.54, 1.807) is 0 Å². The van der Waals surface area contributed by atoms with Gasteiger partial charge in [-0.05, 0) is 45.2 Å². The van der Waals surface area contributed by atoms with Crippen LogP contribution >= 0.6 is 0 Å². The third kappa shape index (κ3) is 4.41. The Labute approximate surface area is 128 Å². The van der Waals surface area contributed by atoms with Gasteiger partial charge < -0.3 is 9.64 Å². The molecule has 0 saturated carbocycles. The SMILES string of the molecule is O=C(CN1CCCC1)N1CCN(C[C@H]2CCCCO2)CC1. The number of amides is 1. The highest BCUT2D eigenvalue weighted by molar-refractivity contribution is 5.78. The molecule has 5 nitrogen and oxygen atoms in total. The van der Waals surface area contributed by atoms with Gasteiger partial charge in [-0.25, -0.2) is 0 Å². The second-order valence-electron chi connectivity index (χ2n) is 6.65. The van der Waals surface area contributed by atoms with Crippen LogP contribution in [0.3, 0.4) is 0 Å². The molecule has 1 amide bonds. The second kappa shape index (κ2) is 7.56. The number of nitrogens with zero attached hydrogens (tertiary/aromatic N) is 3. The summed E-state index contributed by atoms with van der Waals surface area (Å²) in [5.41, 5.74) is 0. The van der Waals surface area contributed by atoms with E-state index < -0.39 is 0 Å². The number of ether oxygens (including phenoxy) is 1. The normalized spacial score (nSPS) is 29.0. The van der Waals surface area contributed by atoms with E-state index in [0.29, 0.717) is 18.6 Å². The number of carbonyl (C=O) groups excluding carboxylic acids is 1. The number of hydrogen-bond donors (Lipinski definition) is 0. The van der Waals surface area contributed by atoms with Gasteiger partial charge in [-0.3, -0.25) is 14.6 Å². The Kier molecular flexibility index (Phi) is 5.49. The van der Waals surface area contributed by atoms with Gasteiger partial charge in [0.1, 0.15) is 0 Å². The maximum atomic E-state index is 12.3. The lowest BCUT2D eigenvalue weighted by Crippen LogP contribution is -2.52. The van der Waals surface area contributed by atoms with Crippen molar-refractivity contribution in [3.63, 3.8) is 0 Å². The minimum atomic E-state index is 0.325. The summed E-state index contributed by atoms with van der Waals surface area (Å²) >= 11 is 0. The van der Waals surface area contributed by atoms with Crippen molar-refractivity contribution in [3.8, 4) is 0 Å². The van der Waals surface area contributed by atoms with E-state index in [9.17, 15) is 4.79 Å². The summed E-state index contributed by atoms with van der Waals surface area (Å²) in [5, 5.41) is 0. The second-order valence-corrected chi connectivity index (χ2v) is 6.65. The fourth-order valence-corrected chi connectivity index (χ4v) is 3.65. The van der Waals surface area contributed by atoms with Crippen LogP contribution in [0.1, 0.15) is 32.1 Å². The highest BCUT2D eigenvalue weighted by Gasteiger charge is 2.25. The van der Waals surface area contributed by atoms with E-state index in [1.807, 2.05) is 0 Å². The van der Waals surface area contributed by atoms with E-state index in [1.165, 1.54) is 32.1 Å². The molecule has 0 aromatic rings. The fourth-order valence-electron chi connectivity index (χ4n) is 3.65. The highest BCUT2D eigenvalue weighted by Crippen LogP contribution is 2.15. The maximum Gasteiger partial charge on any atom is 0.236 e. The fraction of sp³-hybridized carbons (Fsp3) is 0.938. The largest absolute Gasteiger partial charge is 0.377 e. The van der Waals surface area contributed by atoms with Gasteiger partial charge in [-0.15, -0.1) is 0 Å².